The van der Waals surface area contributed by atoms with E-state index in [1.54, 1.807) is 31.8 Å². The van der Waals surface area contributed by atoms with Crippen molar-refractivity contribution in [3.63, 3.8) is 0 Å². The molecule has 1 aliphatic rings. The molecule has 1 fully saturated rings. The summed E-state index contributed by atoms with van der Waals surface area (Å²) in [6.45, 7) is 15.8. The topological polar surface area (TPSA) is 34.2 Å². The Balaban J connectivity index is 1.18. The number of hydrogen-bond acceptors (Lipinski definition) is 6. The minimum absolute atomic E-state index is 0.341. The molecule has 0 N–H and O–H groups in total. The maximum Gasteiger partial charge on any atom is 0.203 e. The Hall–Kier alpha value is -2.54. The highest BCUT2D eigenvalue weighted by Gasteiger charge is 2.24. The summed E-state index contributed by atoms with van der Waals surface area (Å²) in [5.41, 5.74) is 5.83. The van der Waals surface area contributed by atoms with Crippen LogP contribution >= 0.6 is 11.3 Å². The Morgan fingerprint density at radius 3 is 2.10 bits per heavy atom. The number of rotatable bonds is 15. The number of methoxy groups -OCH3 is 3. The van der Waals surface area contributed by atoms with Gasteiger partial charge in [-0.1, -0.05) is 49.7 Å². The Bertz CT molecular complexity index is 1260. The third kappa shape index (κ3) is 8.98. The number of ether oxygens (including phenoxy) is 3. The van der Waals surface area contributed by atoms with Gasteiger partial charge in [0.1, 0.15) is 0 Å². The molecule has 0 amide bonds. The van der Waals surface area contributed by atoms with Gasteiger partial charge in [0, 0.05) is 48.0 Å². The van der Waals surface area contributed by atoms with Crippen LogP contribution in [0, 0.1) is 19.3 Å². The highest BCUT2D eigenvalue weighted by atomic mass is 32.1. The van der Waals surface area contributed by atoms with Crippen LogP contribution in [0.4, 0.5) is 0 Å². The smallest absolute Gasteiger partial charge is 0.203 e. The van der Waals surface area contributed by atoms with Crippen LogP contribution in [0.1, 0.15) is 65.1 Å². The van der Waals surface area contributed by atoms with E-state index in [0.29, 0.717) is 16.9 Å². The molecule has 3 aromatic rings. The first-order chi connectivity index (χ1) is 20.2. The molecule has 0 radical (unpaired) electrons. The molecule has 4 rings (SSSR count). The predicted octanol–water partition coefficient (Wildman–Crippen LogP) is 7.73. The van der Waals surface area contributed by atoms with Gasteiger partial charge in [0.2, 0.25) is 5.75 Å². The summed E-state index contributed by atoms with van der Waals surface area (Å²) in [4.78, 5) is 8.23. The molecule has 0 unspecified atom stereocenters. The molecule has 1 aliphatic heterocycles. The van der Waals surface area contributed by atoms with Crippen molar-refractivity contribution < 1.29 is 14.2 Å². The Labute approximate surface area is 258 Å². The first-order valence-electron chi connectivity index (χ1n) is 15.6. The first-order valence-corrected chi connectivity index (χ1v) is 16.4. The monoisotopic (exact) mass is 592 g/mol. The zero-order valence-electron chi connectivity index (χ0n) is 27.1. The van der Waals surface area contributed by atoms with Crippen LogP contribution in [-0.4, -0.2) is 63.9 Å². The quantitative estimate of drug-likeness (QED) is 0.180. The SMILES string of the molecule is COc1ccc(CN2CCN(CCC(C)(C)CCc3cc(CCCc4ccc(C)cc4)c(C)s3)CC2)c(OC)c1OC. The van der Waals surface area contributed by atoms with E-state index in [2.05, 4.69) is 73.9 Å². The maximum absolute atomic E-state index is 5.71. The molecule has 1 saturated heterocycles. The highest BCUT2D eigenvalue weighted by molar-refractivity contribution is 7.12. The molecule has 0 atom stereocenters. The van der Waals surface area contributed by atoms with Crippen molar-refractivity contribution in [2.45, 2.75) is 72.8 Å². The van der Waals surface area contributed by atoms with E-state index in [1.807, 2.05) is 17.4 Å². The van der Waals surface area contributed by atoms with Crippen LogP contribution < -0.4 is 14.2 Å². The summed E-state index contributed by atoms with van der Waals surface area (Å²) in [6, 6.07) is 15.6. The number of aryl methyl sites for hydroxylation is 5. The first kappa shape index (κ1) is 32.4. The van der Waals surface area contributed by atoms with Crippen LogP contribution in [0.3, 0.4) is 0 Å². The molecule has 2 aromatic carbocycles. The van der Waals surface area contributed by atoms with Crippen LogP contribution in [0.15, 0.2) is 42.5 Å². The summed E-state index contributed by atoms with van der Waals surface area (Å²) >= 11 is 2.02. The van der Waals surface area contributed by atoms with Gasteiger partial charge in [0.05, 0.1) is 21.3 Å². The van der Waals surface area contributed by atoms with Gasteiger partial charge in [-0.3, -0.25) is 4.90 Å². The van der Waals surface area contributed by atoms with Crippen LogP contribution in [-0.2, 0) is 25.8 Å². The average Bonchev–Trinajstić information content (AvgIpc) is 3.35. The summed E-state index contributed by atoms with van der Waals surface area (Å²) < 4.78 is 16.7. The maximum atomic E-state index is 5.71. The van der Waals surface area contributed by atoms with Gasteiger partial charge in [-0.05, 0) is 87.6 Å². The summed E-state index contributed by atoms with van der Waals surface area (Å²) in [5.74, 6) is 2.15. The molecule has 0 spiro atoms. The van der Waals surface area contributed by atoms with Crippen molar-refractivity contribution in [3.8, 4) is 17.2 Å². The van der Waals surface area contributed by atoms with E-state index in [9.17, 15) is 0 Å². The van der Waals surface area contributed by atoms with Gasteiger partial charge in [0.25, 0.3) is 0 Å². The van der Waals surface area contributed by atoms with Gasteiger partial charge in [-0.25, -0.2) is 0 Å². The molecular weight excluding hydrogens is 540 g/mol. The van der Waals surface area contributed by atoms with Crippen molar-refractivity contribution in [2.75, 3.05) is 54.1 Å². The van der Waals surface area contributed by atoms with Crippen molar-refractivity contribution in [2.24, 2.45) is 5.41 Å². The lowest BCUT2D eigenvalue weighted by Crippen LogP contribution is -2.46. The largest absolute Gasteiger partial charge is 0.493 e. The van der Waals surface area contributed by atoms with Gasteiger partial charge < -0.3 is 19.1 Å². The molecular formula is C36H52N2O3S. The van der Waals surface area contributed by atoms with Gasteiger partial charge >= 0.3 is 0 Å². The molecule has 0 saturated carbocycles. The number of hydrogen-bond donors (Lipinski definition) is 0. The molecule has 0 aliphatic carbocycles. The lowest BCUT2D eigenvalue weighted by molar-refractivity contribution is 0.112. The van der Waals surface area contributed by atoms with E-state index >= 15 is 0 Å². The Kier molecular flexibility index (Phi) is 11.8. The number of piperazine rings is 1. The number of thiophene rings is 1. The molecule has 2 heterocycles. The van der Waals surface area contributed by atoms with Crippen molar-refractivity contribution in [1.82, 2.24) is 9.80 Å². The second-order valence-corrected chi connectivity index (χ2v) is 14.0. The lowest BCUT2D eigenvalue weighted by atomic mass is 9.84. The van der Waals surface area contributed by atoms with E-state index in [4.69, 9.17) is 14.2 Å². The fourth-order valence-corrected chi connectivity index (χ4v) is 7.03. The standard InChI is InChI=1S/C36H52N2O3S/c1-27-11-13-29(14-12-27)9-8-10-30-25-32(42-28(30)2)17-18-36(3,4)19-20-37-21-23-38(24-22-37)26-31-15-16-33(39-5)35(41-7)34(31)40-6/h11-16,25H,8-10,17-24,26H2,1-7H3. The minimum atomic E-state index is 0.341. The van der Waals surface area contributed by atoms with Crippen LogP contribution in [0.2, 0.25) is 0 Å². The summed E-state index contributed by atoms with van der Waals surface area (Å²) in [7, 11) is 5.02. The normalized spacial score (nSPS) is 14.7. The number of nitrogens with zero attached hydrogens (tertiary/aromatic N) is 2. The number of benzene rings is 2. The molecule has 5 nitrogen and oxygen atoms in total. The lowest BCUT2D eigenvalue weighted by Gasteiger charge is -2.36. The fraction of sp³-hybridized carbons (Fsp3) is 0.556. The molecule has 230 valence electrons. The third-order valence-corrected chi connectivity index (χ3v) is 10.1. The van der Waals surface area contributed by atoms with Gasteiger partial charge in [-0.15, -0.1) is 11.3 Å². The fourth-order valence-electron chi connectivity index (χ4n) is 5.94. The van der Waals surface area contributed by atoms with E-state index < -0.39 is 0 Å². The van der Waals surface area contributed by atoms with Crippen molar-refractivity contribution in [3.05, 3.63) is 74.5 Å². The Morgan fingerprint density at radius 2 is 1.43 bits per heavy atom. The van der Waals surface area contributed by atoms with Gasteiger partial charge in [-0.2, -0.15) is 0 Å². The minimum Gasteiger partial charge on any atom is -0.493 e. The summed E-state index contributed by atoms with van der Waals surface area (Å²) in [5, 5.41) is 0. The van der Waals surface area contributed by atoms with Gasteiger partial charge in [0.15, 0.2) is 11.5 Å². The summed E-state index contributed by atoms with van der Waals surface area (Å²) in [6.07, 6.45) is 7.25. The second-order valence-electron chi connectivity index (χ2n) is 12.7. The van der Waals surface area contributed by atoms with E-state index in [1.165, 1.54) is 54.7 Å². The molecule has 1 aromatic heterocycles. The van der Waals surface area contributed by atoms with Crippen LogP contribution in [0.5, 0.6) is 17.2 Å². The molecule has 42 heavy (non-hydrogen) atoms. The molecule has 6 heteroatoms. The van der Waals surface area contributed by atoms with E-state index in [-0.39, 0.29) is 0 Å². The Morgan fingerprint density at radius 1 is 0.738 bits per heavy atom. The average molecular weight is 593 g/mol. The third-order valence-electron chi connectivity index (χ3n) is 8.90. The highest BCUT2D eigenvalue weighted by Crippen LogP contribution is 2.40. The van der Waals surface area contributed by atoms with Crippen LogP contribution in [0.25, 0.3) is 0 Å². The second kappa shape index (κ2) is 15.3. The zero-order valence-corrected chi connectivity index (χ0v) is 27.9. The predicted molar refractivity (Wildman–Crippen MR) is 177 cm³/mol. The van der Waals surface area contributed by atoms with E-state index in [0.717, 1.165) is 50.5 Å². The molecule has 0 bridgehead atoms. The van der Waals surface area contributed by atoms with Crippen molar-refractivity contribution >= 4 is 11.3 Å². The zero-order chi connectivity index (χ0) is 30.1. The van der Waals surface area contributed by atoms with Crippen molar-refractivity contribution in [1.29, 1.82) is 0 Å².